The quantitative estimate of drug-likeness (QED) is 0.909. The summed E-state index contributed by atoms with van der Waals surface area (Å²) >= 11 is 2.74. The molecule has 0 spiro atoms. The van der Waals surface area contributed by atoms with Crippen LogP contribution in [0.5, 0.6) is 0 Å². The van der Waals surface area contributed by atoms with E-state index in [9.17, 15) is 9.59 Å². The highest BCUT2D eigenvalue weighted by Gasteiger charge is 2.14. The van der Waals surface area contributed by atoms with Crippen LogP contribution in [0.1, 0.15) is 26.0 Å². The standard InChI is InChI=1S/C12H14N4O2S2/c1-4-9(18)16-11-15-8(5-19-11)10-6(2)13-12(20-10)14-7(3)17/h5H,4H2,1-3H3,(H,13,14,17)(H,15,16,18). The first-order chi connectivity index (χ1) is 9.49. The van der Waals surface area contributed by atoms with E-state index in [4.69, 9.17) is 0 Å². The normalized spacial score (nSPS) is 10.3. The number of hydrogen-bond donors (Lipinski definition) is 2. The minimum absolute atomic E-state index is 0.0640. The summed E-state index contributed by atoms with van der Waals surface area (Å²) < 4.78 is 0. The molecule has 2 amide bonds. The van der Waals surface area contributed by atoms with Crippen molar-refractivity contribution in [2.24, 2.45) is 0 Å². The van der Waals surface area contributed by atoms with Gasteiger partial charge in [0.15, 0.2) is 10.3 Å². The molecule has 0 unspecified atom stereocenters. The number of thiazole rings is 2. The Kier molecular flexibility index (Phi) is 4.46. The van der Waals surface area contributed by atoms with Gasteiger partial charge < -0.3 is 10.6 Å². The SMILES string of the molecule is CCC(=O)Nc1nc(-c2sc(NC(C)=O)nc2C)cs1. The number of rotatable bonds is 4. The molecular formula is C12H14N4O2S2. The number of nitrogens with one attached hydrogen (secondary N) is 2. The molecule has 2 aromatic rings. The zero-order chi connectivity index (χ0) is 14.7. The maximum Gasteiger partial charge on any atom is 0.225 e. The van der Waals surface area contributed by atoms with Gasteiger partial charge in [0.05, 0.1) is 16.3 Å². The first-order valence-electron chi connectivity index (χ1n) is 6.00. The molecule has 2 aromatic heterocycles. The fourth-order valence-electron chi connectivity index (χ4n) is 1.48. The largest absolute Gasteiger partial charge is 0.302 e. The molecule has 106 valence electrons. The number of hydrogen-bond acceptors (Lipinski definition) is 6. The Bertz CT molecular complexity index is 648. The molecule has 0 aliphatic carbocycles. The topological polar surface area (TPSA) is 84.0 Å². The molecule has 2 heterocycles. The zero-order valence-electron chi connectivity index (χ0n) is 11.3. The minimum Gasteiger partial charge on any atom is -0.302 e. The van der Waals surface area contributed by atoms with Crippen LogP contribution in [0, 0.1) is 6.92 Å². The predicted octanol–water partition coefficient (Wildman–Crippen LogP) is 2.88. The van der Waals surface area contributed by atoms with Crippen LogP contribution >= 0.6 is 22.7 Å². The summed E-state index contributed by atoms with van der Waals surface area (Å²) in [6, 6.07) is 0. The number of carbonyl (C=O) groups excluding carboxylic acids is 2. The summed E-state index contributed by atoms with van der Waals surface area (Å²) in [5, 5.41) is 8.37. The van der Waals surface area contributed by atoms with Crippen LogP contribution in [0.4, 0.5) is 10.3 Å². The lowest BCUT2D eigenvalue weighted by molar-refractivity contribution is -0.116. The van der Waals surface area contributed by atoms with Crippen molar-refractivity contribution >= 4 is 44.8 Å². The lowest BCUT2D eigenvalue weighted by atomic mass is 10.3. The fraction of sp³-hybridized carbons (Fsp3) is 0.333. The van der Waals surface area contributed by atoms with Gasteiger partial charge in [-0.3, -0.25) is 9.59 Å². The number of nitrogens with zero attached hydrogens (tertiary/aromatic N) is 2. The van der Waals surface area contributed by atoms with Gasteiger partial charge in [0.25, 0.3) is 0 Å². The number of anilines is 2. The van der Waals surface area contributed by atoms with Gasteiger partial charge in [0.2, 0.25) is 11.8 Å². The Morgan fingerprint density at radius 3 is 2.65 bits per heavy atom. The molecule has 0 fully saturated rings. The summed E-state index contributed by atoms with van der Waals surface area (Å²) in [5.41, 5.74) is 1.56. The van der Waals surface area contributed by atoms with Gasteiger partial charge in [-0.2, -0.15) is 0 Å². The predicted molar refractivity (Wildman–Crippen MR) is 81.2 cm³/mol. The molecule has 0 saturated carbocycles. The van der Waals surface area contributed by atoms with E-state index in [0.717, 1.165) is 16.3 Å². The van der Waals surface area contributed by atoms with Gasteiger partial charge in [-0.05, 0) is 6.92 Å². The second-order valence-corrected chi connectivity index (χ2v) is 5.91. The summed E-state index contributed by atoms with van der Waals surface area (Å²) in [4.78, 5) is 31.9. The van der Waals surface area contributed by atoms with Crippen LogP contribution in [0.15, 0.2) is 5.38 Å². The maximum atomic E-state index is 11.3. The van der Waals surface area contributed by atoms with Crippen molar-refractivity contribution in [3.8, 4) is 10.6 Å². The van der Waals surface area contributed by atoms with Crippen LogP contribution in [-0.2, 0) is 9.59 Å². The fourth-order valence-corrected chi connectivity index (χ4v) is 3.25. The van der Waals surface area contributed by atoms with Gasteiger partial charge in [-0.15, -0.1) is 11.3 Å². The van der Waals surface area contributed by atoms with Crippen molar-refractivity contribution in [1.82, 2.24) is 9.97 Å². The third-order valence-corrected chi connectivity index (χ3v) is 4.24. The van der Waals surface area contributed by atoms with Gasteiger partial charge in [0.1, 0.15) is 0 Å². The lowest BCUT2D eigenvalue weighted by Crippen LogP contribution is -2.08. The monoisotopic (exact) mass is 310 g/mol. The second-order valence-electron chi connectivity index (χ2n) is 4.05. The van der Waals surface area contributed by atoms with Crippen molar-refractivity contribution in [1.29, 1.82) is 0 Å². The number of aromatic nitrogens is 2. The summed E-state index contributed by atoms with van der Waals surface area (Å²) in [6.07, 6.45) is 0.418. The van der Waals surface area contributed by atoms with E-state index in [0.29, 0.717) is 16.7 Å². The van der Waals surface area contributed by atoms with Crippen molar-refractivity contribution in [2.75, 3.05) is 10.6 Å². The molecule has 20 heavy (non-hydrogen) atoms. The van der Waals surface area contributed by atoms with E-state index in [-0.39, 0.29) is 11.8 Å². The lowest BCUT2D eigenvalue weighted by Gasteiger charge is -1.96. The summed E-state index contributed by atoms with van der Waals surface area (Å²) in [7, 11) is 0. The van der Waals surface area contributed by atoms with E-state index in [2.05, 4.69) is 20.6 Å². The van der Waals surface area contributed by atoms with Crippen molar-refractivity contribution < 1.29 is 9.59 Å². The van der Waals surface area contributed by atoms with E-state index in [1.807, 2.05) is 12.3 Å². The highest BCUT2D eigenvalue weighted by molar-refractivity contribution is 7.20. The number of aryl methyl sites for hydroxylation is 1. The zero-order valence-corrected chi connectivity index (χ0v) is 12.9. The highest BCUT2D eigenvalue weighted by atomic mass is 32.1. The molecule has 0 aliphatic heterocycles. The summed E-state index contributed by atoms with van der Waals surface area (Å²) in [5.74, 6) is -0.217. The van der Waals surface area contributed by atoms with E-state index in [1.165, 1.54) is 29.6 Å². The third-order valence-electron chi connectivity index (χ3n) is 2.38. The molecule has 2 N–H and O–H groups in total. The Morgan fingerprint density at radius 1 is 1.25 bits per heavy atom. The highest BCUT2D eigenvalue weighted by Crippen LogP contribution is 2.34. The number of carbonyl (C=O) groups is 2. The van der Waals surface area contributed by atoms with Gasteiger partial charge in [0, 0.05) is 18.7 Å². The molecule has 2 rings (SSSR count). The van der Waals surface area contributed by atoms with Crippen molar-refractivity contribution in [3.05, 3.63) is 11.1 Å². The van der Waals surface area contributed by atoms with E-state index in [1.54, 1.807) is 6.92 Å². The molecule has 0 atom stereocenters. The number of amides is 2. The maximum absolute atomic E-state index is 11.3. The van der Waals surface area contributed by atoms with Crippen LogP contribution in [-0.4, -0.2) is 21.8 Å². The van der Waals surface area contributed by atoms with Gasteiger partial charge in [-0.25, -0.2) is 9.97 Å². The molecule has 6 nitrogen and oxygen atoms in total. The first kappa shape index (κ1) is 14.6. The minimum atomic E-state index is -0.153. The Labute approximate surface area is 124 Å². The molecule has 8 heteroatoms. The van der Waals surface area contributed by atoms with Crippen LogP contribution in [0.25, 0.3) is 10.6 Å². The van der Waals surface area contributed by atoms with Gasteiger partial charge in [-0.1, -0.05) is 18.3 Å². The van der Waals surface area contributed by atoms with Crippen LogP contribution in [0.3, 0.4) is 0 Å². The van der Waals surface area contributed by atoms with Gasteiger partial charge >= 0.3 is 0 Å². The molecular weight excluding hydrogens is 296 g/mol. The molecule has 0 aliphatic rings. The Hall–Kier alpha value is -1.80. The summed E-state index contributed by atoms with van der Waals surface area (Å²) in [6.45, 7) is 5.09. The van der Waals surface area contributed by atoms with E-state index < -0.39 is 0 Å². The Morgan fingerprint density at radius 2 is 2.00 bits per heavy atom. The second kappa shape index (κ2) is 6.10. The third kappa shape index (κ3) is 3.40. The molecule has 0 saturated heterocycles. The average molecular weight is 310 g/mol. The Balaban J connectivity index is 2.21. The van der Waals surface area contributed by atoms with Crippen LogP contribution in [0.2, 0.25) is 0 Å². The molecule has 0 bridgehead atoms. The van der Waals surface area contributed by atoms with Crippen LogP contribution < -0.4 is 10.6 Å². The smallest absolute Gasteiger partial charge is 0.225 e. The first-order valence-corrected chi connectivity index (χ1v) is 7.70. The molecule has 0 radical (unpaired) electrons. The van der Waals surface area contributed by atoms with E-state index >= 15 is 0 Å². The average Bonchev–Trinajstić information content (AvgIpc) is 2.95. The molecule has 0 aromatic carbocycles. The van der Waals surface area contributed by atoms with Crippen molar-refractivity contribution in [2.45, 2.75) is 27.2 Å². The van der Waals surface area contributed by atoms with Crippen molar-refractivity contribution in [3.63, 3.8) is 0 Å².